The molecule has 1 saturated heterocycles. The van der Waals surface area contributed by atoms with E-state index in [-0.39, 0.29) is 5.75 Å². The molecule has 0 atom stereocenters. The van der Waals surface area contributed by atoms with Gasteiger partial charge in [-0.15, -0.1) is 10.2 Å². The zero-order chi connectivity index (χ0) is 15.2. The summed E-state index contributed by atoms with van der Waals surface area (Å²) in [6.07, 6.45) is 4.20. The van der Waals surface area contributed by atoms with Crippen LogP contribution >= 0.6 is 11.8 Å². The van der Waals surface area contributed by atoms with Gasteiger partial charge in [-0.05, 0) is 25.8 Å². The Labute approximate surface area is 129 Å². The lowest BCUT2D eigenvalue weighted by Gasteiger charge is -2.33. The molecule has 1 aliphatic rings. The Hall–Kier alpha value is -1.08. The van der Waals surface area contributed by atoms with Gasteiger partial charge in [0.25, 0.3) is 0 Å². The standard InChI is InChI=1S/C14H24N4O2S/c1-3-7-17-8-5-11(6-9-17)18-12(4-2)15-16-14(18)21-10-13(19)20/h11H,3-10H2,1-2H3,(H,19,20). The molecule has 1 aromatic heterocycles. The maximum absolute atomic E-state index is 10.8. The van der Waals surface area contributed by atoms with Crippen molar-refractivity contribution in [3.05, 3.63) is 5.82 Å². The van der Waals surface area contributed by atoms with Crippen LogP contribution in [-0.4, -0.2) is 56.1 Å². The summed E-state index contributed by atoms with van der Waals surface area (Å²) < 4.78 is 2.18. The van der Waals surface area contributed by atoms with Crippen molar-refractivity contribution in [3.8, 4) is 0 Å². The van der Waals surface area contributed by atoms with Gasteiger partial charge in [-0.1, -0.05) is 25.6 Å². The van der Waals surface area contributed by atoms with Crippen molar-refractivity contribution in [1.82, 2.24) is 19.7 Å². The van der Waals surface area contributed by atoms with Crippen LogP contribution in [0.2, 0.25) is 0 Å². The second-order valence-corrected chi connectivity index (χ2v) is 6.32. The van der Waals surface area contributed by atoms with Crippen LogP contribution < -0.4 is 0 Å². The molecule has 0 aromatic carbocycles. The van der Waals surface area contributed by atoms with E-state index in [4.69, 9.17) is 5.11 Å². The van der Waals surface area contributed by atoms with Gasteiger partial charge in [0, 0.05) is 25.6 Å². The summed E-state index contributed by atoms with van der Waals surface area (Å²) in [5.74, 6) is 0.193. The number of piperidine rings is 1. The molecule has 0 saturated carbocycles. The van der Waals surface area contributed by atoms with E-state index in [0.29, 0.717) is 6.04 Å². The van der Waals surface area contributed by atoms with Crippen molar-refractivity contribution >= 4 is 17.7 Å². The first-order valence-corrected chi connectivity index (χ1v) is 8.65. The van der Waals surface area contributed by atoms with Gasteiger partial charge in [0.2, 0.25) is 0 Å². The predicted molar refractivity (Wildman–Crippen MR) is 82.8 cm³/mol. The van der Waals surface area contributed by atoms with Gasteiger partial charge >= 0.3 is 5.97 Å². The number of carboxylic acids is 1. The normalized spacial score (nSPS) is 17.2. The Morgan fingerprint density at radius 3 is 2.62 bits per heavy atom. The fourth-order valence-corrected chi connectivity index (χ4v) is 3.60. The highest BCUT2D eigenvalue weighted by Gasteiger charge is 2.25. The van der Waals surface area contributed by atoms with E-state index in [1.807, 2.05) is 0 Å². The van der Waals surface area contributed by atoms with Gasteiger partial charge in [-0.3, -0.25) is 4.79 Å². The molecule has 1 N–H and O–H groups in total. The van der Waals surface area contributed by atoms with E-state index in [1.54, 1.807) is 0 Å². The number of nitrogens with zero attached hydrogens (tertiary/aromatic N) is 4. The van der Waals surface area contributed by atoms with Crippen LogP contribution in [0.4, 0.5) is 0 Å². The lowest BCUT2D eigenvalue weighted by Crippen LogP contribution is -2.35. The van der Waals surface area contributed by atoms with Gasteiger partial charge in [0.05, 0.1) is 5.75 Å². The summed E-state index contributed by atoms with van der Waals surface area (Å²) in [7, 11) is 0. The van der Waals surface area contributed by atoms with Crippen LogP contribution in [0.1, 0.15) is 45.0 Å². The summed E-state index contributed by atoms with van der Waals surface area (Å²) in [5.41, 5.74) is 0. The average molecular weight is 312 g/mol. The second-order valence-electron chi connectivity index (χ2n) is 5.38. The third-order valence-corrected chi connectivity index (χ3v) is 4.77. The van der Waals surface area contributed by atoms with Crippen LogP contribution in [0.25, 0.3) is 0 Å². The molecule has 6 nitrogen and oxygen atoms in total. The number of thioether (sulfide) groups is 1. The maximum Gasteiger partial charge on any atom is 0.313 e. The topological polar surface area (TPSA) is 71.2 Å². The smallest absolute Gasteiger partial charge is 0.313 e. The molecule has 1 fully saturated rings. The fraction of sp³-hybridized carbons (Fsp3) is 0.786. The van der Waals surface area contributed by atoms with Gasteiger partial charge in [-0.2, -0.15) is 0 Å². The SMILES string of the molecule is CCCN1CCC(n2c(CC)nnc2SCC(=O)O)CC1. The number of aryl methyl sites for hydroxylation is 1. The molecule has 2 rings (SSSR count). The Balaban J connectivity index is 2.07. The monoisotopic (exact) mass is 312 g/mol. The van der Waals surface area contributed by atoms with Crippen LogP contribution in [0, 0.1) is 0 Å². The molecule has 7 heteroatoms. The highest BCUT2D eigenvalue weighted by molar-refractivity contribution is 7.99. The molecule has 1 aromatic rings. The summed E-state index contributed by atoms with van der Waals surface area (Å²) in [4.78, 5) is 13.3. The number of carbonyl (C=O) groups is 1. The number of hydrogen-bond acceptors (Lipinski definition) is 5. The first-order valence-electron chi connectivity index (χ1n) is 7.66. The van der Waals surface area contributed by atoms with Crippen LogP contribution in [0.15, 0.2) is 5.16 Å². The highest BCUT2D eigenvalue weighted by atomic mass is 32.2. The third-order valence-electron chi connectivity index (χ3n) is 3.84. The zero-order valence-corrected chi connectivity index (χ0v) is 13.6. The number of likely N-dealkylation sites (tertiary alicyclic amines) is 1. The number of hydrogen-bond donors (Lipinski definition) is 1. The first-order chi connectivity index (χ1) is 10.2. The minimum absolute atomic E-state index is 0.0382. The average Bonchev–Trinajstić information content (AvgIpc) is 2.89. The van der Waals surface area contributed by atoms with Crippen molar-refractivity contribution in [2.45, 2.75) is 50.7 Å². The molecule has 0 unspecified atom stereocenters. The number of carboxylic acid groups (broad SMARTS) is 1. The molecule has 118 valence electrons. The Morgan fingerprint density at radius 1 is 1.33 bits per heavy atom. The van der Waals surface area contributed by atoms with E-state index < -0.39 is 5.97 Å². The van der Waals surface area contributed by atoms with Crippen LogP contribution in [0.3, 0.4) is 0 Å². The van der Waals surface area contributed by atoms with E-state index in [9.17, 15) is 4.79 Å². The van der Waals surface area contributed by atoms with Crippen molar-refractivity contribution in [1.29, 1.82) is 0 Å². The summed E-state index contributed by atoms with van der Waals surface area (Å²) in [6.45, 7) is 7.64. The van der Waals surface area contributed by atoms with Crippen molar-refractivity contribution in [3.63, 3.8) is 0 Å². The highest BCUT2D eigenvalue weighted by Crippen LogP contribution is 2.29. The number of aromatic nitrogens is 3. The molecular formula is C14H24N4O2S. The summed E-state index contributed by atoms with van der Waals surface area (Å²) in [5, 5.41) is 18.0. The molecule has 21 heavy (non-hydrogen) atoms. The molecular weight excluding hydrogens is 288 g/mol. The lowest BCUT2D eigenvalue weighted by atomic mass is 10.0. The van der Waals surface area contributed by atoms with Gasteiger partial charge in [0.1, 0.15) is 5.82 Å². The third kappa shape index (κ3) is 4.20. The summed E-state index contributed by atoms with van der Waals surface area (Å²) >= 11 is 1.27. The lowest BCUT2D eigenvalue weighted by molar-refractivity contribution is -0.133. The van der Waals surface area contributed by atoms with Crippen LogP contribution in [0.5, 0.6) is 0 Å². The molecule has 0 amide bonds. The Kier molecular flexibility index (Phi) is 6.05. The predicted octanol–water partition coefficient (Wildman–Crippen LogP) is 2.06. The molecule has 0 bridgehead atoms. The Morgan fingerprint density at radius 2 is 2.05 bits per heavy atom. The van der Waals surface area contributed by atoms with Crippen LogP contribution in [-0.2, 0) is 11.2 Å². The van der Waals surface area contributed by atoms with Gasteiger partial charge in [-0.25, -0.2) is 0 Å². The van der Waals surface area contributed by atoms with E-state index in [2.05, 4.69) is 33.5 Å². The van der Waals surface area contributed by atoms with Crippen molar-refractivity contribution < 1.29 is 9.90 Å². The van der Waals surface area contributed by atoms with E-state index in [1.165, 1.54) is 18.2 Å². The van der Waals surface area contributed by atoms with Gasteiger partial charge < -0.3 is 14.6 Å². The summed E-state index contributed by atoms with van der Waals surface area (Å²) in [6, 6.07) is 0.402. The molecule has 1 aliphatic heterocycles. The molecule has 0 radical (unpaired) electrons. The maximum atomic E-state index is 10.8. The quantitative estimate of drug-likeness (QED) is 0.777. The van der Waals surface area contributed by atoms with E-state index >= 15 is 0 Å². The zero-order valence-electron chi connectivity index (χ0n) is 12.8. The largest absolute Gasteiger partial charge is 0.481 e. The fourth-order valence-electron chi connectivity index (χ4n) is 2.86. The van der Waals surface area contributed by atoms with Crippen molar-refractivity contribution in [2.24, 2.45) is 0 Å². The van der Waals surface area contributed by atoms with Gasteiger partial charge in [0.15, 0.2) is 5.16 Å². The molecule has 2 heterocycles. The minimum atomic E-state index is -0.814. The number of aliphatic carboxylic acids is 1. The molecule has 0 spiro atoms. The number of rotatable bonds is 7. The first kappa shape index (κ1) is 16.3. The Bertz CT molecular complexity index is 470. The van der Waals surface area contributed by atoms with Crippen molar-refractivity contribution in [2.75, 3.05) is 25.4 Å². The molecule has 0 aliphatic carbocycles. The second kappa shape index (κ2) is 7.79. The minimum Gasteiger partial charge on any atom is -0.481 e. The van der Waals surface area contributed by atoms with E-state index in [0.717, 1.165) is 49.9 Å².